The van der Waals surface area contributed by atoms with Gasteiger partial charge in [0.1, 0.15) is 5.40 Å². The second kappa shape index (κ2) is 17.0. The smallest absolute Gasteiger partial charge is 0.130 e. The molecule has 0 heterocycles. The van der Waals surface area contributed by atoms with Gasteiger partial charge >= 0.3 is 0 Å². The van der Waals surface area contributed by atoms with Gasteiger partial charge in [-0.2, -0.15) is 5.26 Å². The average Bonchev–Trinajstić information content (AvgIpc) is 1.69. The zero-order chi connectivity index (χ0) is 6.12. The van der Waals surface area contributed by atoms with Crippen LogP contribution in [-0.2, 0) is 0 Å². The number of nitriles is 1. The molecule has 0 saturated heterocycles. The van der Waals surface area contributed by atoms with Crippen LogP contribution in [0.5, 0.6) is 0 Å². The van der Waals surface area contributed by atoms with E-state index in [-0.39, 0.29) is 0 Å². The first-order chi connectivity index (χ1) is 3.33. The molecule has 0 atom stereocenters. The van der Waals surface area contributed by atoms with Crippen molar-refractivity contribution >= 4 is 12.6 Å². The van der Waals surface area contributed by atoms with Crippen molar-refractivity contribution in [3.63, 3.8) is 0 Å². The Morgan fingerprint density at radius 1 is 1.43 bits per heavy atom. The summed E-state index contributed by atoms with van der Waals surface area (Å²) in [7, 11) is 0. The first-order valence-electron chi connectivity index (χ1n) is 2.36. The zero-order valence-corrected chi connectivity index (χ0v) is 5.70. The molecule has 0 radical (unpaired) electrons. The maximum absolute atomic E-state index is 7.18. The van der Waals surface area contributed by atoms with E-state index in [2.05, 4.69) is 26.5 Å². The van der Waals surface area contributed by atoms with Gasteiger partial charge < -0.3 is 0 Å². The molecule has 0 fully saturated rings. The first-order valence-corrected chi connectivity index (χ1v) is 2.81. The Bertz CT molecular complexity index is 44.5. The van der Waals surface area contributed by atoms with Crippen molar-refractivity contribution < 1.29 is 0 Å². The molecule has 0 aliphatic heterocycles. The summed E-state index contributed by atoms with van der Waals surface area (Å²) < 4.78 is 0. The molecule has 1 nitrogen and oxygen atoms in total. The Morgan fingerprint density at radius 2 is 1.57 bits per heavy atom. The third-order valence-electron chi connectivity index (χ3n) is 0.500. The van der Waals surface area contributed by atoms with Crippen LogP contribution in [0.1, 0.15) is 26.7 Å². The predicted molar refractivity (Wildman–Crippen MR) is 35.2 cm³/mol. The molecular weight excluding hydrogens is 106 g/mol. The van der Waals surface area contributed by atoms with Crippen LogP contribution >= 0.6 is 12.6 Å². The van der Waals surface area contributed by atoms with Crippen LogP contribution in [0.3, 0.4) is 0 Å². The van der Waals surface area contributed by atoms with Gasteiger partial charge in [-0.25, -0.2) is 0 Å². The zero-order valence-electron chi connectivity index (χ0n) is 4.81. The molecule has 0 spiro atoms. The lowest BCUT2D eigenvalue weighted by molar-refractivity contribution is 0.886. The summed E-state index contributed by atoms with van der Waals surface area (Å²) in [6.07, 6.45) is 2.64. The van der Waals surface area contributed by atoms with Gasteiger partial charge in [0.15, 0.2) is 0 Å². The molecule has 0 aliphatic carbocycles. The van der Waals surface area contributed by atoms with E-state index >= 15 is 0 Å². The number of hydrogen-bond acceptors (Lipinski definition) is 2. The van der Waals surface area contributed by atoms with Crippen LogP contribution < -0.4 is 0 Å². The number of thiol groups is 1. The maximum atomic E-state index is 7.18. The highest BCUT2D eigenvalue weighted by atomic mass is 32.1. The highest BCUT2D eigenvalue weighted by Crippen LogP contribution is 1.76. The molecule has 0 unspecified atom stereocenters. The van der Waals surface area contributed by atoms with Gasteiger partial charge in [0, 0.05) is 0 Å². The van der Waals surface area contributed by atoms with E-state index in [0.717, 1.165) is 0 Å². The molecule has 0 aromatic carbocycles. The van der Waals surface area contributed by atoms with Gasteiger partial charge in [-0.15, -0.1) is 0 Å². The van der Waals surface area contributed by atoms with E-state index in [4.69, 9.17) is 5.26 Å². The number of hydrogen-bond donors (Lipinski definition) is 1. The monoisotopic (exact) mass is 117 g/mol. The minimum atomic E-state index is 1.32. The highest BCUT2D eigenvalue weighted by molar-refractivity contribution is 7.85. The van der Waals surface area contributed by atoms with Crippen molar-refractivity contribution in [1.29, 1.82) is 5.26 Å². The van der Waals surface area contributed by atoms with Crippen molar-refractivity contribution in [2.75, 3.05) is 0 Å². The standard InChI is InChI=1S/C4H10.CHNS/c1-3-4-2;2-1-3/h3-4H2,1-2H3;3H. The summed E-state index contributed by atoms with van der Waals surface area (Å²) >= 11 is 3.09. The van der Waals surface area contributed by atoms with Crippen LogP contribution in [0.25, 0.3) is 0 Å². The Labute approximate surface area is 50.8 Å². The van der Waals surface area contributed by atoms with Crippen LogP contribution in [0, 0.1) is 10.7 Å². The quantitative estimate of drug-likeness (QED) is 0.413. The van der Waals surface area contributed by atoms with Gasteiger partial charge in [-0.1, -0.05) is 39.3 Å². The summed E-state index contributed by atoms with van der Waals surface area (Å²) in [5, 5.41) is 8.63. The van der Waals surface area contributed by atoms with Crippen molar-refractivity contribution in [2.45, 2.75) is 26.7 Å². The van der Waals surface area contributed by atoms with Crippen LogP contribution in [0.2, 0.25) is 0 Å². The fourth-order valence-electron chi connectivity index (χ4n) is 0. The minimum Gasteiger partial charge on any atom is -0.185 e. The molecule has 0 amide bonds. The summed E-state index contributed by atoms with van der Waals surface area (Å²) in [6, 6.07) is 0. The SMILES string of the molecule is CCCC.N#CS. The minimum absolute atomic E-state index is 1.32. The lowest BCUT2D eigenvalue weighted by Crippen LogP contribution is -1.47. The van der Waals surface area contributed by atoms with E-state index in [1.54, 1.807) is 0 Å². The van der Waals surface area contributed by atoms with Crippen LogP contribution in [0.4, 0.5) is 0 Å². The van der Waals surface area contributed by atoms with E-state index in [1.165, 1.54) is 18.2 Å². The topological polar surface area (TPSA) is 23.8 Å². The molecule has 7 heavy (non-hydrogen) atoms. The molecule has 0 N–H and O–H groups in total. The summed E-state index contributed by atoms with van der Waals surface area (Å²) in [5.41, 5.74) is 0. The maximum Gasteiger partial charge on any atom is 0.130 e. The summed E-state index contributed by atoms with van der Waals surface area (Å²) in [6.45, 7) is 4.36. The fraction of sp³-hybridized carbons (Fsp3) is 0.800. The van der Waals surface area contributed by atoms with Gasteiger partial charge in [0.2, 0.25) is 0 Å². The molecule has 42 valence electrons. The van der Waals surface area contributed by atoms with E-state index in [1.807, 2.05) is 0 Å². The first kappa shape index (κ1) is 9.96. The largest absolute Gasteiger partial charge is 0.185 e. The summed E-state index contributed by atoms with van der Waals surface area (Å²) in [4.78, 5) is 0. The molecule has 0 aromatic rings. The van der Waals surface area contributed by atoms with Gasteiger partial charge in [0.05, 0.1) is 0 Å². The lowest BCUT2D eigenvalue weighted by atomic mass is 10.4. The number of rotatable bonds is 1. The van der Waals surface area contributed by atoms with Gasteiger partial charge in [-0.3, -0.25) is 0 Å². The summed E-state index contributed by atoms with van der Waals surface area (Å²) in [5.74, 6) is 0. The van der Waals surface area contributed by atoms with E-state index < -0.39 is 0 Å². The molecule has 0 aliphatic rings. The molecular formula is C5H11NS. The third kappa shape index (κ3) is 122. The van der Waals surface area contributed by atoms with E-state index in [0.29, 0.717) is 0 Å². The number of thiocyanates is 1. The Hall–Kier alpha value is -0.160. The normalized spacial score (nSPS) is 5.43. The van der Waals surface area contributed by atoms with E-state index in [9.17, 15) is 0 Å². The third-order valence-corrected chi connectivity index (χ3v) is 0.500. The highest BCUT2D eigenvalue weighted by Gasteiger charge is 1.56. The van der Waals surface area contributed by atoms with Gasteiger partial charge in [0.25, 0.3) is 0 Å². The molecule has 0 saturated carbocycles. The Morgan fingerprint density at radius 3 is 1.57 bits per heavy atom. The van der Waals surface area contributed by atoms with Gasteiger partial charge in [-0.05, 0) is 0 Å². The van der Waals surface area contributed by atoms with Crippen molar-refractivity contribution in [3.8, 4) is 5.40 Å². The number of nitrogens with zero attached hydrogens (tertiary/aromatic N) is 1. The van der Waals surface area contributed by atoms with Crippen molar-refractivity contribution in [1.82, 2.24) is 0 Å². The molecule has 0 rings (SSSR count). The van der Waals surface area contributed by atoms with Crippen LogP contribution in [0.15, 0.2) is 0 Å². The Balaban J connectivity index is 0. The Kier molecular flexibility index (Phi) is 24.1. The molecule has 0 bridgehead atoms. The van der Waals surface area contributed by atoms with Crippen LogP contribution in [-0.4, -0.2) is 0 Å². The average molecular weight is 117 g/mol. The second-order valence-electron chi connectivity index (χ2n) is 1.10. The fourth-order valence-corrected chi connectivity index (χ4v) is 0. The van der Waals surface area contributed by atoms with Crippen molar-refractivity contribution in [2.24, 2.45) is 0 Å². The molecule has 2 heteroatoms. The second-order valence-corrected chi connectivity index (χ2v) is 1.30. The lowest BCUT2D eigenvalue weighted by Gasteiger charge is -1.68. The number of unbranched alkanes of at least 4 members (excludes halogenated alkanes) is 1. The predicted octanol–water partition coefficient (Wildman–Crippen LogP) is 2.20. The van der Waals surface area contributed by atoms with Crippen molar-refractivity contribution in [3.05, 3.63) is 0 Å². The molecule has 0 aromatic heterocycles.